The number of halogens is 2. The van der Waals surface area contributed by atoms with Crippen LogP contribution in [-0.4, -0.2) is 35.2 Å². The summed E-state index contributed by atoms with van der Waals surface area (Å²) in [4.78, 5) is 21.1. The number of rotatable bonds is 4. The lowest BCUT2D eigenvalue weighted by Crippen LogP contribution is -2.55. The molecule has 0 bridgehead atoms. The van der Waals surface area contributed by atoms with Gasteiger partial charge in [-0.15, -0.1) is 0 Å². The number of para-hydroxylation sites is 1. The molecule has 2 aromatic rings. The van der Waals surface area contributed by atoms with Crippen LogP contribution in [0.1, 0.15) is 36.8 Å². The summed E-state index contributed by atoms with van der Waals surface area (Å²) in [6, 6.07) is 6.28. The van der Waals surface area contributed by atoms with Gasteiger partial charge in [-0.2, -0.15) is 0 Å². The highest BCUT2D eigenvalue weighted by atomic mass is 35.5. The number of carbonyl (C=O) groups excluding carboxylic acids is 1. The molecule has 2 atom stereocenters. The Morgan fingerprint density at radius 1 is 1.37 bits per heavy atom. The third-order valence-electron chi connectivity index (χ3n) is 5.90. The maximum Gasteiger partial charge on any atom is 0.373 e. The lowest BCUT2D eigenvalue weighted by atomic mass is 9.81. The van der Waals surface area contributed by atoms with Crippen molar-refractivity contribution in [2.24, 2.45) is 0 Å². The van der Waals surface area contributed by atoms with Gasteiger partial charge < -0.3 is 10.3 Å². The molecule has 2 amide bonds. The fourth-order valence-corrected chi connectivity index (χ4v) is 4.80. The van der Waals surface area contributed by atoms with E-state index < -0.39 is 12.9 Å². The molecule has 2 N–H and O–H groups in total. The van der Waals surface area contributed by atoms with Crippen molar-refractivity contribution >= 4 is 36.1 Å². The Labute approximate surface area is 181 Å². The molecule has 0 saturated heterocycles. The summed E-state index contributed by atoms with van der Waals surface area (Å²) >= 11 is 6.16. The molecule has 0 spiro atoms. The fraction of sp³-hybridized carbons (Fsp3) is 0.429. The van der Waals surface area contributed by atoms with Crippen LogP contribution in [0.2, 0.25) is 12.0 Å². The first-order valence-corrected chi connectivity index (χ1v) is 10.7. The molecule has 0 radical (unpaired) electrons. The smallest absolute Gasteiger partial charge is 0.373 e. The molecule has 4 rings (SSSR count). The van der Waals surface area contributed by atoms with Crippen LogP contribution < -0.4 is 15.0 Å². The van der Waals surface area contributed by atoms with Crippen molar-refractivity contribution in [3.05, 3.63) is 52.6 Å². The summed E-state index contributed by atoms with van der Waals surface area (Å²) in [6.45, 7) is 3.73. The number of nitrogens with zero attached hydrogens (tertiary/aromatic N) is 3. The number of amides is 2. The molecule has 1 saturated carbocycles. The number of hydrogen-bond acceptors (Lipinski definition) is 4. The van der Waals surface area contributed by atoms with E-state index in [1.165, 1.54) is 11.0 Å². The largest absolute Gasteiger partial charge is 0.437 e. The molecular formula is C21H25BClFN4O2. The van der Waals surface area contributed by atoms with Gasteiger partial charge in [0, 0.05) is 23.8 Å². The summed E-state index contributed by atoms with van der Waals surface area (Å²) in [5.41, 5.74) is 2.55. The highest BCUT2D eigenvalue weighted by molar-refractivity contribution is 6.45. The fourth-order valence-electron chi connectivity index (χ4n) is 4.65. The third-order valence-corrected chi connectivity index (χ3v) is 6.11. The minimum atomic E-state index is -0.616. The minimum Gasteiger partial charge on any atom is -0.437 e. The maximum absolute atomic E-state index is 14.7. The number of aryl methyl sites for hydroxylation is 1. The number of pyridine rings is 1. The van der Waals surface area contributed by atoms with E-state index in [9.17, 15) is 14.2 Å². The van der Waals surface area contributed by atoms with Crippen molar-refractivity contribution in [2.75, 3.05) is 9.80 Å². The summed E-state index contributed by atoms with van der Waals surface area (Å²) < 4.78 is 14.7. The molecule has 158 valence electrons. The van der Waals surface area contributed by atoms with Crippen LogP contribution in [0.4, 0.5) is 20.6 Å². The van der Waals surface area contributed by atoms with Crippen LogP contribution in [0.5, 0.6) is 0 Å². The number of urea groups is 1. The summed E-state index contributed by atoms with van der Waals surface area (Å²) in [5.74, 6) is -0.425. The number of carbonyl (C=O) groups is 1. The first kappa shape index (κ1) is 21.1. The Morgan fingerprint density at radius 3 is 2.90 bits per heavy atom. The van der Waals surface area contributed by atoms with Gasteiger partial charge in [0.1, 0.15) is 11.0 Å². The molecule has 6 nitrogen and oxygen atoms in total. The quantitative estimate of drug-likeness (QED) is 0.565. The average molecular weight is 431 g/mol. The maximum atomic E-state index is 14.7. The summed E-state index contributed by atoms with van der Waals surface area (Å²) in [6.07, 6.45) is 5.04. The number of aromatic nitrogens is 1. The normalized spacial score (nSPS) is 21.6. The van der Waals surface area contributed by atoms with Gasteiger partial charge >= 0.3 is 13.1 Å². The number of fused-ring (bicyclic) bond motifs is 1. The van der Waals surface area contributed by atoms with Crippen LogP contribution in [-0.2, 0) is 6.54 Å². The van der Waals surface area contributed by atoms with Gasteiger partial charge in [-0.05, 0) is 57.1 Å². The predicted molar refractivity (Wildman–Crippen MR) is 117 cm³/mol. The van der Waals surface area contributed by atoms with E-state index in [4.69, 9.17) is 11.6 Å². The highest BCUT2D eigenvalue weighted by Gasteiger charge is 2.39. The standard InChI is InChI=1S/C21H25BClFN4O2/c1-13-5-3-8-17(24)20(13)27-12-14-11-25-19(23)10-18(14)28(21(27)29)16-7-4-6-15(9-16)26-22(2)30/h3,5,8,10-11,15-16,26,30H,4,6-7,9,12H2,1-2H3. The van der Waals surface area contributed by atoms with Crippen molar-refractivity contribution in [3.63, 3.8) is 0 Å². The molecule has 30 heavy (non-hydrogen) atoms. The van der Waals surface area contributed by atoms with Crippen LogP contribution in [0.25, 0.3) is 0 Å². The van der Waals surface area contributed by atoms with E-state index >= 15 is 0 Å². The molecule has 1 aliphatic carbocycles. The van der Waals surface area contributed by atoms with E-state index in [2.05, 4.69) is 10.2 Å². The molecule has 1 aliphatic heterocycles. The molecule has 9 heteroatoms. The molecule has 2 unspecified atom stereocenters. The predicted octanol–water partition coefficient (Wildman–Crippen LogP) is 4.14. The first-order valence-electron chi connectivity index (χ1n) is 10.3. The van der Waals surface area contributed by atoms with Gasteiger partial charge in [0.25, 0.3) is 0 Å². The zero-order chi connectivity index (χ0) is 21.4. The second-order valence-electron chi connectivity index (χ2n) is 8.14. The molecule has 1 aromatic heterocycles. The molecule has 2 aliphatic rings. The Bertz CT molecular complexity index is 940. The lowest BCUT2D eigenvalue weighted by Gasteiger charge is -2.44. The summed E-state index contributed by atoms with van der Waals surface area (Å²) in [5, 5.41) is 13.2. The van der Waals surface area contributed by atoms with Gasteiger partial charge in [0.05, 0.1) is 17.9 Å². The van der Waals surface area contributed by atoms with Gasteiger partial charge in [-0.25, -0.2) is 14.2 Å². The Hall–Kier alpha value is -2.16. The second-order valence-corrected chi connectivity index (χ2v) is 8.53. The van der Waals surface area contributed by atoms with E-state index in [0.29, 0.717) is 22.8 Å². The van der Waals surface area contributed by atoms with Crippen molar-refractivity contribution in [1.29, 1.82) is 0 Å². The SMILES string of the molecule is CB(O)NC1CCCC(N2C(=O)N(c3c(C)cccc3F)Cc3cnc(Cl)cc32)C1. The van der Waals surface area contributed by atoms with Crippen molar-refractivity contribution in [1.82, 2.24) is 10.2 Å². The Balaban J connectivity index is 1.74. The van der Waals surface area contributed by atoms with Crippen LogP contribution in [0, 0.1) is 12.7 Å². The third kappa shape index (κ3) is 4.04. The topological polar surface area (TPSA) is 68.7 Å². The van der Waals surface area contributed by atoms with E-state index in [-0.39, 0.29) is 24.7 Å². The number of hydrogen-bond donors (Lipinski definition) is 2. The van der Waals surface area contributed by atoms with Gasteiger partial charge in [-0.1, -0.05) is 23.7 Å². The minimum absolute atomic E-state index is 0.0883. The lowest BCUT2D eigenvalue weighted by molar-refractivity contribution is 0.242. The molecule has 2 heterocycles. The Morgan fingerprint density at radius 2 is 2.17 bits per heavy atom. The molecule has 1 aromatic carbocycles. The van der Waals surface area contributed by atoms with Crippen LogP contribution in [0.15, 0.2) is 30.5 Å². The van der Waals surface area contributed by atoms with Crippen LogP contribution in [0.3, 0.4) is 0 Å². The highest BCUT2D eigenvalue weighted by Crippen LogP contribution is 2.39. The van der Waals surface area contributed by atoms with Gasteiger partial charge in [-0.3, -0.25) is 9.80 Å². The number of nitrogens with one attached hydrogen (secondary N) is 1. The second kappa shape index (κ2) is 8.53. The monoisotopic (exact) mass is 430 g/mol. The van der Waals surface area contributed by atoms with E-state index in [1.54, 1.807) is 43.0 Å². The van der Waals surface area contributed by atoms with Crippen molar-refractivity contribution in [2.45, 2.75) is 58.1 Å². The van der Waals surface area contributed by atoms with Crippen LogP contribution >= 0.6 is 11.6 Å². The first-order chi connectivity index (χ1) is 14.3. The molecular weight excluding hydrogens is 406 g/mol. The Kier molecular flexibility index (Phi) is 6.00. The van der Waals surface area contributed by atoms with Crippen molar-refractivity contribution in [3.8, 4) is 0 Å². The van der Waals surface area contributed by atoms with E-state index in [0.717, 1.165) is 30.5 Å². The zero-order valence-electron chi connectivity index (χ0n) is 17.1. The van der Waals surface area contributed by atoms with Gasteiger partial charge in [0.15, 0.2) is 0 Å². The zero-order valence-corrected chi connectivity index (χ0v) is 17.9. The number of anilines is 2. The number of benzene rings is 1. The average Bonchev–Trinajstić information content (AvgIpc) is 2.68. The van der Waals surface area contributed by atoms with Crippen molar-refractivity contribution < 1.29 is 14.2 Å². The van der Waals surface area contributed by atoms with E-state index in [1.807, 2.05) is 0 Å². The summed E-state index contributed by atoms with van der Waals surface area (Å²) in [7, 11) is -0.616. The molecule has 1 fully saturated rings. The van der Waals surface area contributed by atoms with Gasteiger partial charge in [0.2, 0.25) is 0 Å².